The third-order valence-corrected chi connectivity index (χ3v) is 4.90. The van der Waals surface area contributed by atoms with E-state index in [0.717, 1.165) is 16.9 Å². The van der Waals surface area contributed by atoms with E-state index in [1.54, 1.807) is 18.4 Å². The van der Waals surface area contributed by atoms with E-state index in [4.69, 9.17) is 0 Å². The smallest absolute Gasteiger partial charge is 0.337 e. The van der Waals surface area contributed by atoms with Crippen LogP contribution >= 0.6 is 23.1 Å². The van der Waals surface area contributed by atoms with Crippen LogP contribution in [-0.2, 0) is 11.3 Å². The van der Waals surface area contributed by atoms with Crippen molar-refractivity contribution in [2.24, 2.45) is 0 Å². The van der Waals surface area contributed by atoms with Crippen LogP contribution in [0.4, 0.5) is 5.00 Å². The maximum atomic E-state index is 12.0. The lowest BCUT2D eigenvalue weighted by Crippen LogP contribution is -2.30. The Labute approximate surface area is 130 Å². The van der Waals surface area contributed by atoms with Crippen LogP contribution in [0.3, 0.4) is 0 Å². The van der Waals surface area contributed by atoms with Gasteiger partial charge in [-0.1, -0.05) is 41.7 Å². The topological polar surface area (TPSA) is 72.2 Å². The molecule has 0 saturated carbocycles. The predicted molar refractivity (Wildman–Crippen MR) is 84.6 cm³/mol. The summed E-state index contributed by atoms with van der Waals surface area (Å²) in [7, 11) is 0. The first kappa shape index (κ1) is 15.5. The lowest BCUT2D eigenvalue weighted by molar-refractivity contribution is -0.382. The van der Waals surface area contributed by atoms with E-state index in [0.29, 0.717) is 11.4 Å². The van der Waals surface area contributed by atoms with Crippen LogP contribution in [0.15, 0.2) is 46.7 Å². The third kappa shape index (κ3) is 4.30. The van der Waals surface area contributed by atoms with E-state index in [9.17, 15) is 14.9 Å². The second-order valence-electron chi connectivity index (χ2n) is 4.31. The molecule has 0 spiro atoms. The second kappa shape index (κ2) is 7.24. The molecule has 110 valence electrons. The van der Waals surface area contributed by atoms with Gasteiger partial charge in [-0.3, -0.25) is 14.9 Å². The maximum absolute atomic E-state index is 12.0. The fraction of sp³-hybridized carbons (Fsp3) is 0.214. The van der Waals surface area contributed by atoms with Gasteiger partial charge in [0.25, 0.3) is 0 Å². The molecule has 2 rings (SSSR count). The minimum Gasteiger partial charge on any atom is -0.351 e. The van der Waals surface area contributed by atoms with Crippen molar-refractivity contribution in [2.75, 3.05) is 0 Å². The Hall–Kier alpha value is -1.86. The van der Waals surface area contributed by atoms with E-state index >= 15 is 0 Å². The number of nitro groups is 1. The summed E-state index contributed by atoms with van der Waals surface area (Å²) in [6.45, 7) is 2.20. The molecule has 0 aliphatic rings. The van der Waals surface area contributed by atoms with Gasteiger partial charge in [-0.2, -0.15) is 0 Å². The van der Waals surface area contributed by atoms with Gasteiger partial charge in [-0.15, -0.1) is 11.8 Å². The average molecular weight is 322 g/mol. The zero-order valence-corrected chi connectivity index (χ0v) is 12.9. The van der Waals surface area contributed by atoms with Crippen LogP contribution in [0.25, 0.3) is 0 Å². The number of hydrogen-bond acceptors (Lipinski definition) is 5. The van der Waals surface area contributed by atoms with E-state index in [2.05, 4.69) is 5.32 Å². The molecule has 0 unspecified atom stereocenters. The largest absolute Gasteiger partial charge is 0.351 e. The minimum atomic E-state index is -0.415. The molecule has 0 aliphatic carbocycles. The molecule has 1 amide bonds. The summed E-state index contributed by atoms with van der Waals surface area (Å²) in [5.74, 6) is -0.135. The average Bonchev–Trinajstić information content (AvgIpc) is 2.94. The van der Waals surface area contributed by atoms with Gasteiger partial charge in [-0.05, 0) is 23.9 Å². The summed E-state index contributed by atoms with van der Waals surface area (Å²) in [6, 6.07) is 11.3. The van der Waals surface area contributed by atoms with Gasteiger partial charge in [0.2, 0.25) is 5.91 Å². The van der Waals surface area contributed by atoms with Crippen LogP contribution in [0, 0.1) is 10.1 Å². The summed E-state index contributed by atoms with van der Waals surface area (Å²) in [5.41, 5.74) is 1.02. The van der Waals surface area contributed by atoms with Crippen molar-refractivity contribution in [1.29, 1.82) is 0 Å². The van der Waals surface area contributed by atoms with Crippen molar-refractivity contribution in [2.45, 2.75) is 23.6 Å². The number of thioether (sulfide) groups is 1. The number of carbonyl (C=O) groups is 1. The molecule has 5 nitrogen and oxygen atoms in total. The molecule has 0 fully saturated rings. The number of rotatable bonds is 6. The zero-order chi connectivity index (χ0) is 15.2. The number of nitrogens with one attached hydrogen (secondary N) is 1. The Bertz CT molecular complexity index is 628. The van der Waals surface area contributed by atoms with Gasteiger partial charge in [0, 0.05) is 6.54 Å². The van der Waals surface area contributed by atoms with Gasteiger partial charge in [0.1, 0.15) is 0 Å². The highest BCUT2D eigenvalue weighted by atomic mass is 32.2. The number of benzene rings is 1. The summed E-state index contributed by atoms with van der Waals surface area (Å²) in [6.07, 6.45) is 0. The quantitative estimate of drug-likeness (QED) is 0.502. The number of thiophene rings is 1. The molecule has 7 heteroatoms. The molecule has 1 atom stereocenters. The first-order chi connectivity index (χ1) is 10.1. The summed E-state index contributed by atoms with van der Waals surface area (Å²) in [5, 5.41) is 15.0. The molecule has 0 bridgehead atoms. The van der Waals surface area contributed by atoms with Crippen molar-refractivity contribution in [3.63, 3.8) is 0 Å². The Morgan fingerprint density at radius 1 is 1.38 bits per heavy atom. The minimum absolute atomic E-state index is 0.0858. The highest BCUT2D eigenvalue weighted by molar-refractivity contribution is 8.00. The van der Waals surface area contributed by atoms with Crippen LogP contribution < -0.4 is 5.32 Å². The third-order valence-electron chi connectivity index (χ3n) is 2.76. The fourth-order valence-electron chi connectivity index (χ4n) is 1.69. The van der Waals surface area contributed by atoms with E-state index in [1.165, 1.54) is 11.8 Å². The Morgan fingerprint density at radius 3 is 2.76 bits per heavy atom. The van der Waals surface area contributed by atoms with Gasteiger partial charge in [-0.25, -0.2) is 0 Å². The van der Waals surface area contributed by atoms with E-state index in [1.807, 2.05) is 30.3 Å². The van der Waals surface area contributed by atoms with Crippen LogP contribution in [0.5, 0.6) is 0 Å². The summed E-state index contributed by atoms with van der Waals surface area (Å²) < 4.78 is 0. The maximum Gasteiger partial charge on any atom is 0.337 e. The van der Waals surface area contributed by atoms with E-state index in [-0.39, 0.29) is 16.2 Å². The van der Waals surface area contributed by atoms with Crippen molar-refractivity contribution < 1.29 is 9.72 Å². The lowest BCUT2D eigenvalue weighted by atomic mass is 10.2. The molecule has 1 heterocycles. The van der Waals surface area contributed by atoms with Gasteiger partial charge in [0.05, 0.1) is 15.1 Å². The zero-order valence-electron chi connectivity index (χ0n) is 11.3. The first-order valence-corrected chi connectivity index (χ1v) is 8.04. The Balaban J connectivity index is 1.90. The SMILES string of the molecule is C[C@H](Sc1ccsc1[N+](=O)[O-])C(=O)NCc1ccccc1. The standard InChI is InChI=1S/C14H14N2O3S2/c1-10(21-12-7-8-20-14(12)16(18)19)13(17)15-9-11-5-3-2-4-6-11/h2-8,10H,9H2,1H3,(H,15,17)/t10-/m0/s1. The van der Waals surface area contributed by atoms with Crippen molar-refractivity contribution in [3.8, 4) is 0 Å². The monoisotopic (exact) mass is 322 g/mol. The Morgan fingerprint density at radius 2 is 2.10 bits per heavy atom. The number of hydrogen-bond donors (Lipinski definition) is 1. The predicted octanol–water partition coefficient (Wildman–Crippen LogP) is 3.45. The Kier molecular flexibility index (Phi) is 5.35. The van der Waals surface area contributed by atoms with Gasteiger partial charge in [0.15, 0.2) is 0 Å². The lowest BCUT2D eigenvalue weighted by Gasteiger charge is -2.11. The number of nitrogens with zero attached hydrogens (tertiary/aromatic N) is 1. The normalized spacial score (nSPS) is 11.9. The molecule has 0 radical (unpaired) electrons. The van der Waals surface area contributed by atoms with Crippen molar-refractivity contribution in [1.82, 2.24) is 5.32 Å². The molecular formula is C14H14N2O3S2. The molecule has 0 saturated heterocycles. The number of carbonyl (C=O) groups excluding carboxylic acids is 1. The molecule has 1 aromatic heterocycles. The van der Waals surface area contributed by atoms with Crippen molar-refractivity contribution >= 4 is 34.0 Å². The first-order valence-electron chi connectivity index (χ1n) is 6.28. The van der Waals surface area contributed by atoms with Crippen LogP contribution in [-0.4, -0.2) is 16.1 Å². The summed E-state index contributed by atoms with van der Waals surface area (Å²) in [4.78, 5) is 23.0. The van der Waals surface area contributed by atoms with E-state index < -0.39 is 4.92 Å². The second-order valence-corrected chi connectivity index (χ2v) is 6.59. The number of amides is 1. The van der Waals surface area contributed by atoms with Gasteiger partial charge >= 0.3 is 5.00 Å². The molecule has 1 aromatic carbocycles. The highest BCUT2D eigenvalue weighted by Crippen LogP contribution is 2.36. The molecular weight excluding hydrogens is 308 g/mol. The molecule has 1 N–H and O–H groups in total. The molecule has 0 aliphatic heterocycles. The van der Waals surface area contributed by atoms with Crippen LogP contribution in [0.1, 0.15) is 12.5 Å². The van der Waals surface area contributed by atoms with Crippen LogP contribution in [0.2, 0.25) is 0 Å². The van der Waals surface area contributed by atoms with Gasteiger partial charge < -0.3 is 5.32 Å². The molecule has 21 heavy (non-hydrogen) atoms. The highest BCUT2D eigenvalue weighted by Gasteiger charge is 2.21. The molecule has 2 aromatic rings. The summed E-state index contributed by atoms with van der Waals surface area (Å²) >= 11 is 2.28. The van der Waals surface area contributed by atoms with Crippen molar-refractivity contribution in [3.05, 3.63) is 57.5 Å². The fourth-order valence-corrected chi connectivity index (χ4v) is 3.56.